The van der Waals surface area contributed by atoms with Gasteiger partial charge in [-0.3, -0.25) is 10.1 Å². The van der Waals surface area contributed by atoms with Gasteiger partial charge in [-0.2, -0.15) is 0 Å². The Balaban J connectivity index is 1.72. The molecule has 0 unspecified atom stereocenters. The van der Waals surface area contributed by atoms with Crippen molar-refractivity contribution in [1.82, 2.24) is 14.8 Å². The van der Waals surface area contributed by atoms with Crippen molar-refractivity contribution in [2.75, 3.05) is 11.4 Å². The molecule has 0 radical (unpaired) electrons. The molecule has 4 rings (SSSR count). The van der Waals surface area contributed by atoms with Crippen molar-refractivity contribution in [3.8, 4) is 0 Å². The van der Waals surface area contributed by atoms with Gasteiger partial charge in [0, 0.05) is 25.6 Å². The minimum absolute atomic E-state index is 0.0745. The molecule has 0 saturated carbocycles. The van der Waals surface area contributed by atoms with Gasteiger partial charge in [-0.05, 0) is 31.7 Å². The van der Waals surface area contributed by atoms with Crippen LogP contribution in [0.2, 0.25) is 0 Å². The summed E-state index contributed by atoms with van der Waals surface area (Å²) in [5, 5.41) is 20.3. The molecule has 0 N–H and O–H groups in total. The van der Waals surface area contributed by atoms with Crippen LogP contribution in [0.1, 0.15) is 49.8 Å². The van der Waals surface area contributed by atoms with Gasteiger partial charge < -0.3 is 9.47 Å². The number of nitrogens with zero attached hydrogens (tertiary/aromatic N) is 5. The highest BCUT2D eigenvalue weighted by molar-refractivity contribution is 5.64. The average molecular weight is 327 g/mol. The molecule has 0 aliphatic carbocycles. The highest BCUT2D eigenvalue weighted by Crippen LogP contribution is 2.40. The molecule has 2 aliphatic rings. The molecule has 3 heterocycles. The van der Waals surface area contributed by atoms with E-state index >= 15 is 0 Å². The highest BCUT2D eigenvalue weighted by atomic mass is 16.6. The van der Waals surface area contributed by atoms with E-state index in [4.69, 9.17) is 0 Å². The molecule has 2 aromatic rings. The molecule has 7 heteroatoms. The van der Waals surface area contributed by atoms with Crippen molar-refractivity contribution >= 4 is 11.4 Å². The molecule has 1 atom stereocenters. The average Bonchev–Trinajstić information content (AvgIpc) is 3.15. The number of anilines is 1. The van der Waals surface area contributed by atoms with Gasteiger partial charge in [0.05, 0.1) is 11.0 Å². The zero-order valence-corrected chi connectivity index (χ0v) is 13.6. The van der Waals surface area contributed by atoms with Crippen LogP contribution in [0.25, 0.3) is 0 Å². The number of aryl methyl sites for hydroxylation is 1. The molecule has 24 heavy (non-hydrogen) atoms. The van der Waals surface area contributed by atoms with Crippen LogP contribution in [-0.4, -0.2) is 26.2 Å². The van der Waals surface area contributed by atoms with E-state index in [0.717, 1.165) is 56.8 Å². The molecule has 7 nitrogen and oxygen atoms in total. The summed E-state index contributed by atoms with van der Waals surface area (Å²) >= 11 is 0. The molecule has 126 valence electrons. The lowest BCUT2D eigenvalue weighted by Gasteiger charge is -2.26. The second-order valence-corrected chi connectivity index (χ2v) is 6.53. The Morgan fingerprint density at radius 1 is 1.08 bits per heavy atom. The maximum Gasteiger partial charge on any atom is 0.292 e. The second kappa shape index (κ2) is 6.22. The van der Waals surface area contributed by atoms with E-state index in [-0.39, 0.29) is 16.7 Å². The Morgan fingerprint density at radius 2 is 1.96 bits per heavy atom. The normalized spacial score (nSPS) is 20.7. The van der Waals surface area contributed by atoms with E-state index in [2.05, 4.69) is 19.7 Å². The minimum atomic E-state index is -0.297. The Morgan fingerprint density at radius 3 is 2.83 bits per heavy atom. The van der Waals surface area contributed by atoms with Crippen LogP contribution in [0.15, 0.2) is 24.3 Å². The standard InChI is InChI=1S/C17H21N5O2/c23-22(24)14-8-4-3-7-13(14)20-12-6-9-15(20)17-19-18-16-10-2-1-5-11-21(16)17/h3-4,7-8,15H,1-2,5-6,9-12H2/t15-/m1/s1. The van der Waals surface area contributed by atoms with Crippen LogP contribution >= 0.6 is 0 Å². The van der Waals surface area contributed by atoms with Gasteiger partial charge in [0.2, 0.25) is 0 Å². The largest absolute Gasteiger partial charge is 0.356 e. The summed E-state index contributed by atoms with van der Waals surface area (Å²) < 4.78 is 2.25. The third kappa shape index (κ3) is 2.53. The van der Waals surface area contributed by atoms with Gasteiger partial charge in [-0.1, -0.05) is 18.6 Å². The zero-order valence-electron chi connectivity index (χ0n) is 13.6. The minimum Gasteiger partial charge on any atom is -0.356 e. The topological polar surface area (TPSA) is 77.1 Å². The number of rotatable bonds is 3. The summed E-state index contributed by atoms with van der Waals surface area (Å²) in [5.74, 6) is 2.04. The van der Waals surface area contributed by atoms with Crippen LogP contribution < -0.4 is 4.90 Å². The van der Waals surface area contributed by atoms with E-state index in [9.17, 15) is 10.1 Å². The smallest absolute Gasteiger partial charge is 0.292 e. The lowest BCUT2D eigenvalue weighted by Crippen LogP contribution is -2.26. The van der Waals surface area contributed by atoms with Gasteiger partial charge >= 0.3 is 0 Å². The number of fused-ring (bicyclic) bond motifs is 1. The van der Waals surface area contributed by atoms with Crippen LogP contribution in [0.5, 0.6) is 0 Å². The third-order valence-electron chi connectivity index (χ3n) is 5.08. The summed E-state index contributed by atoms with van der Waals surface area (Å²) in [6, 6.07) is 7.08. The molecular formula is C17H21N5O2. The molecule has 0 amide bonds. The van der Waals surface area contributed by atoms with Crippen LogP contribution in [0, 0.1) is 10.1 Å². The fourth-order valence-electron chi connectivity index (χ4n) is 3.94. The van der Waals surface area contributed by atoms with E-state index in [1.165, 1.54) is 6.42 Å². The summed E-state index contributed by atoms with van der Waals surface area (Å²) in [5.41, 5.74) is 0.857. The fourth-order valence-corrected chi connectivity index (χ4v) is 3.94. The summed E-state index contributed by atoms with van der Waals surface area (Å²) in [7, 11) is 0. The van der Waals surface area contributed by atoms with E-state index in [0.29, 0.717) is 5.69 Å². The van der Waals surface area contributed by atoms with E-state index in [1.54, 1.807) is 12.1 Å². The number of hydrogen-bond donors (Lipinski definition) is 0. The number of benzene rings is 1. The monoisotopic (exact) mass is 327 g/mol. The van der Waals surface area contributed by atoms with Gasteiger partial charge in [-0.15, -0.1) is 10.2 Å². The van der Waals surface area contributed by atoms with Crippen molar-refractivity contribution in [2.45, 2.75) is 51.1 Å². The SMILES string of the molecule is O=[N+]([O-])c1ccccc1N1CCC[C@@H]1c1nnc2n1CCCCC2. The second-order valence-electron chi connectivity index (χ2n) is 6.53. The van der Waals surface area contributed by atoms with Crippen molar-refractivity contribution in [1.29, 1.82) is 0 Å². The predicted octanol–water partition coefficient (Wildman–Crippen LogP) is 3.25. The van der Waals surface area contributed by atoms with Crippen molar-refractivity contribution in [2.24, 2.45) is 0 Å². The quantitative estimate of drug-likeness (QED) is 0.639. The van der Waals surface area contributed by atoms with E-state index < -0.39 is 0 Å². The molecule has 0 bridgehead atoms. The molecule has 2 aliphatic heterocycles. The number of aromatic nitrogens is 3. The number of para-hydroxylation sites is 2. The zero-order chi connectivity index (χ0) is 16.5. The Hall–Kier alpha value is -2.44. The maximum absolute atomic E-state index is 11.4. The summed E-state index contributed by atoms with van der Waals surface area (Å²) in [6.45, 7) is 1.77. The Labute approximate surface area is 140 Å². The molecule has 1 fully saturated rings. The van der Waals surface area contributed by atoms with Crippen molar-refractivity contribution in [3.63, 3.8) is 0 Å². The van der Waals surface area contributed by atoms with Crippen LogP contribution in [-0.2, 0) is 13.0 Å². The molecule has 0 spiro atoms. The fraction of sp³-hybridized carbons (Fsp3) is 0.529. The molecular weight excluding hydrogens is 306 g/mol. The summed E-state index contributed by atoms with van der Waals surface area (Å²) in [6.07, 6.45) is 6.49. The van der Waals surface area contributed by atoms with E-state index in [1.807, 2.05) is 12.1 Å². The van der Waals surface area contributed by atoms with Crippen LogP contribution in [0.4, 0.5) is 11.4 Å². The first-order chi connectivity index (χ1) is 11.8. The van der Waals surface area contributed by atoms with Crippen molar-refractivity contribution < 1.29 is 4.92 Å². The highest BCUT2D eigenvalue weighted by Gasteiger charge is 2.34. The molecule has 1 aromatic carbocycles. The number of nitro benzene ring substituents is 1. The number of hydrogen-bond acceptors (Lipinski definition) is 5. The van der Waals surface area contributed by atoms with Gasteiger partial charge in [0.25, 0.3) is 5.69 Å². The molecule has 1 aromatic heterocycles. The Kier molecular flexibility index (Phi) is 3.92. The maximum atomic E-state index is 11.4. The van der Waals surface area contributed by atoms with Gasteiger partial charge in [0.15, 0.2) is 5.82 Å². The predicted molar refractivity (Wildman–Crippen MR) is 90.0 cm³/mol. The first kappa shape index (κ1) is 15.1. The molecule has 1 saturated heterocycles. The Bertz CT molecular complexity index is 757. The summed E-state index contributed by atoms with van der Waals surface area (Å²) in [4.78, 5) is 13.2. The van der Waals surface area contributed by atoms with Gasteiger partial charge in [0.1, 0.15) is 11.5 Å². The van der Waals surface area contributed by atoms with Crippen LogP contribution in [0.3, 0.4) is 0 Å². The number of nitro groups is 1. The first-order valence-corrected chi connectivity index (χ1v) is 8.68. The lowest BCUT2D eigenvalue weighted by atomic mass is 10.1. The van der Waals surface area contributed by atoms with Crippen molar-refractivity contribution in [3.05, 3.63) is 46.0 Å². The first-order valence-electron chi connectivity index (χ1n) is 8.68. The lowest BCUT2D eigenvalue weighted by molar-refractivity contribution is -0.384. The van der Waals surface area contributed by atoms with Gasteiger partial charge in [-0.25, -0.2) is 0 Å². The third-order valence-corrected chi connectivity index (χ3v) is 5.08.